The van der Waals surface area contributed by atoms with E-state index in [1.54, 1.807) is 0 Å². The van der Waals surface area contributed by atoms with Crippen LogP contribution in [0.4, 0.5) is 0 Å². The monoisotopic (exact) mass is 435 g/mol. The highest BCUT2D eigenvalue weighted by Crippen LogP contribution is 2.32. The zero-order valence-corrected chi connectivity index (χ0v) is 18.0. The Labute approximate surface area is 170 Å². The molecule has 1 saturated carbocycles. The minimum Gasteiger partial charge on any atom is -0.345 e. The van der Waals surface area contributed by atoms with E-state index in [-0.39, 0.29) is 17.9 Å². The summed E-state index contributed by atoms with van der Waals surface area (Å²) in [5, 5.41) is 0. The molecule has 148 valence electrons. The number of benzene rings is 1. The highest BCUT2D eigenvalue weighted by molar-refractivity contribution is 9.10. The third-order valence-electron chi connectivity index (χ3n) is 6.02. The summed E-state index contributed by atoms with van der Waals surface area (Å²) in [6, 6.07) is 7.52. The molecule has 1 atom stereocenters. The smallest absolute Gasteiger partial charge is 0.253 e. The fourth-order valence-corrected chi connectivity index (χ4v) is 4.72. The molecule has 2 amide bonds. The predicted octanol–water partition coefficient (Wildman–Crippen LogP) is 3.24. The molecule has 1 aliphatic carbocycles. The predicted molar refractivity (Wildman–Crippen MR) is 111 cm³/mol. The van der Waals surface area contributed by atoms with E-state index in [2.05, 4.69) is 20.8 Å². The van der Waals surface area contributed by atoms with Gasteiger partial charge in [0.15, 0.2) is 0 Å². The van der Waals surface area contributed by atoms with Gasteiger partial charge in [0.2, 0.25) is 5.91 Å². The van der Waals surface area contributed by atoms with Gasteiger partial charge in [-0.05, 0) is 43.9 Å². The highest BCUT2D eigenvalue weighted by atomic mass is 79.9. The summed E-state index contributed by atoms with van der Waals surface area (Å²) in [6.45, 7) is 5.66. The normalized spacial score (nSPS) is 19.9. The molecule has 2 fully saturated rings. The topological polar surface area (TPSA) is 43.9 Å². The van der Waals surface area contributed by atoms with Crippen LogP contribution in [0.3, 0.4) is 0 Å². The summed E-state index contributed by atoms with van der Waals surface area (Å²) in [6.07, 6.45) is 4.74. The molecule has 0 radical (unpaired) electrons. The molecule has 0 N–H and O–H groups in total. The largest absolute Gasteiger partial charge is 0.345 e. The molecular weight excluding hydrogens is 406 g/mol. The van der Waals surface area contributed by atoms with Gasteiger partial charge in [-0.1, -0.05) is 34.8 Å². The molecule has 0 bridgehead atoms. The lowest BCUT2D eigenvalue weighted by molar-refractivity contribution is -0.138. The zero-order chi connectivity index (χ0) is 19.4. The maximum Gasteiger partial charge on any atom is 0.253 e. The minimum absolute atomic E-state index is 0.0272. The number of carbonyl (C=O) groups is 2. The molecule has 0 aromatic heterocycles. The Kier molecular flexibility index (Phi) is 6.93. The number of nitrogens with zero attached hydrogens (tertiary/aromatic N) is 3. The average molecular weight is 436 g/mol. The van der Waals surface area contributed by atoms with E-state index >= 15 is 0 Å². The van der Waals surface area contributed by atoms with Gasteiger partial charge < -0.3 is 9.80 Å². The van der Waals surface area contributed by atoms with Crippen molar-refractivity contribution in [1.29, 1.82) is 0 Å². The summed E-state index contributed by atoms with van der Waals surface area (Å²) in [5.74, 6) is 0.778. The van der Waals surface area contributed by atoms with Crippen LogP contribution in [0.25, 0.3) is 0 Å². The number of hydrogen-bond acceptors (Lipinski definition) is 3. The summed E-state index contributed by atoms with van der Waals surface area (Å²) < 4.78 is 0.918. The van der Waals surface area contributed by atoms with Gasteiger partial charge in [-0.15, -0.1) is 0 Å². The third kappa shape index (κ3) is 4.72. The van der Waals surface area contributed by atoms with Crippen molar-refractivity contribution in [3.63, 3.8) is 0 Å². The van der Waals surface area contributed by atoms with E-state index in [4.69, 9.17) is 0 Å². The maximum absolute atomic E-state index is 13.0. The van der Waals surface area contributed by atoms with Crippen LogP contribution in [0.5, 0.6) is 0 Å². The van der Waals surface area contributed by atoms with E-state index < -0.39 is 0 Å². The molecule has 2 aliphatic rings. The Morgan fingerprint density at radius 1 is 1.19 bits per heavy atom. The van der Waals surface area contributed by atoms with Gasteiger partial charge in [0.05, 0.1) is 6.04 Å². The summed E-state index contributed by atoms with van der Waals surface area (Å²) >= 11 is 3.44. The van der Waals surface area contributed by atoms with Gasteiger partial charge in [0.25, 0.3) is 5.91 Å². The van der Waals surface area contributed by atoms with Crippen molar-refractivity contribution in [2.45, 2.75) is 38.6 Å². The number of rotatable bonds is 5. The van der Waals surface area contributed by atoms with Crippen LogP contribution in [0.1, 0.15) is 43.0 Å². The average Bonchev–Trinajstić information content (AvgIpc) is 3.21. The minimum atomic E-state index is -0.0272. The Morgan fingerprint density at radius 3 is 2.44 bits per heavy atom. The van der Waals surface area contributed by atoms with Crippen LogP contribution < -0.4 is 0 Å². The van der Waals surface area contributed by atoms with Crippen molar-refractivity contribution in [2.24, 2.45) is 5.92 Å². The maximum atomic E-state index is 13.0. The fourth-order valence-electron chi connectivity index (χ4n) is 4.32. The molecule has 27 heavy (non-hydrogen) atoms. The SMILES string of the molecule is CCN(C)C(=O)C(C1CCCC1)N1CCN(C(=O)c2cccc(Br)c2)CC1. The first-order valence-corrected chi connectivity index (χ1v) is 10.8. The van der Waals surface area contributed by atoms with Crippen LogP contribution in [0.15, 0.2) is 28.7 Å². The molecule has 1 aromatic rings. The molecule has 1 heterocycles. The lowest BCUT2D eigenvalue weighted by Gasteiger charge is -2.42. The van der Waals surface area contributed by atoms with E-state index in [1.165, 1.54) is 12.8 Å². The standard InChI is InChI=1S/C21H30BrN3O2/c1-3-23(2)21(27)19(16-7-4-5-8-16)24-11-13-25(14-12-24)20(26)17-9-6-10-18(22)15-17/h6,9-10,15-16,19H,3-5,7-8,11-14H2,1-2H3. The molecule has 3 rings (SSSR count). The molecule has 1 aliphatic heterocycles. The third-order valence-corrected chi connectivity index (χ3v) is 6.51. The van der Waals surface area contributed by atoms with Gasteiger partial charge in [0.1, 0.15) is 0 Å². The molecule has 1 saturated heterocycles. The number of hydrogen-bond donors (Lipinski definition) is 0. The second-order valence-electron chi connectivity index (χ2n) is 7.68. The molecule has 6 heteroatoms. The molecule has 1 unspecified atom stereocenters. The quantitative estimate of drug-likeness (QED) is 0.712. The second kappa shape index (κ2) is 9.20. The van der Waals surface area contributed by atoms with Crippen LogP contribution in [0, 0.1) is 5.92 Å². The van der Waals surface area contributed by atoms with Gasteiger partial charge in [-0.3, -0.25) is 14.5 Å². The Hall–Kier alpha value is -1.40. The van der Waals surface area contributed by atoms with Gasteiger partial charge in [-0.2, -0.15) is 0 Å². The van der Waals surface area contributed by atoms with E-state index in [0.29, 0.717) is 24.6 Å². The summed E-state index contributed by atoms with van der Waals surface area (Å²) in [5.41, 5.74) is 0.715. The Morgan fingerprint density at radius 2 is 1.85 bits per heavy atom. The molecule has 5 nitrogen and oxygen atoms in total. The van der Waals surface area contributed by atoms with Crippen molar-refractivity contribution >= 4 is 27.7 Å². The summed E-state index contributed by atoms with van der Waals surface area (Å²) in [7, 11) is 1.90. The molecule has 0 spiro atoms. The number of likely N-dealkylation sites (N-methyl/N-ethyl adjacent to an activating group) is 1. The van der Waals surface area contributed by atoms with Gasteiger partial charge in [-0.25, -0.2) is 0 Å². The van der Waals surface area contributed by atoms with Gasteiger partial charge in [0, 0.05) is 49.8 Å². The first kappa shape index (κ1) is 20.3. The first-order valence-electron chi connectivity index (χ1n) is 10.0. The van der Waals surface area contributed by atoms with E-state index in [9.17, 15) is 9.59 Å². The number of carbonyl (C=O) groups excluding carboxylic acids is 2. The highest BCUT2D eigenvalue weighted by Gasteiger charge is 2.38. The van der Waals surface area contributed by atoms with Crippen molar-refractivity contribution in [1.82, 2.24) is 14.7 Å². The van der Waals surface area contributed by atoms with Crippen LogP contribution in [-0.2, 0) is 4.79 Å². The molecule has 1 aromatic carbocycles. The second-order valence-corrected chi connectivity index (χ2v) is 8.60. The molecular formula is C21H30BrN3O2. The van der Waals surface area contributed by atoms with Crippen LogP contribution in [-0.4, -0.2) is 72.3 Å². The van der Waals surface area contributed by atoms with Crippen molar-refractivity contribution in [3.05, 3.63) is 34.3 Å². The van der Waals surface area contributed by atoms with E-state index in [1.807, 2.05) is 48.0 Å². The Bertz CT molecular complexity index is 667. The summed E-state index contributed by atoms with van der Waals surface area (Å²) in [4.78, 5) is 31.9. The number of piperazine rings is 1. The van der Waals surface area contributed by atoms with Crippen molar-refractivity contribution in [2.75, 3.05) is 39.8 Å². The lowest BCUT2D eigenvalue weighted by atomic mass is 9.94. The Balaban J connectivity index is 1.66. The van der Waals surface area contributed by atoms with Gasteiger partial charge >= 0.3 is 0 Å². The number of amides is 2. The van der Waals surface area contributed by atoms with E-state index in [0.717, 1.165) is 36.9 Å². The zero-order valence-electron chi connectivity index (χ0n) is 16.4. The first-order chi connectivity index (χ1) is 13.0. The van der Waals surface area contributed by atoms with Crippen LogP contribution in [0.2, 0.25) is 0 Å². The van der Waals surface area contributed by atoms with Crippen LogP contribution >= 0.6 is 15.9 Å². The fraction of sp³-hybridized carbons (Fsp3) is 0.619. The van der Waals surface area contributed by atoms with Crippen molar-refractivity contribution < 1.29 is 9.59 Å². The number of halogens is 1. The lowest BCUT2D eigenvalue weighted by Crippen LogP contribution is -2.58. The van der Waals surface area contributed by atoms with Crippen molar-refractivity contribution in [3.8, 4) is 0 Å².